The number of aliphatic hydroxyl groups excluding tert-OH is 1. The summed E-state index contributed by atoms with van der Waals surface area (Å²) in [6.45, 7) is 0.686. The van der Waals surface area contributed by atoms with Crippen molar-refractivity contribution in [2.45, 2.75) is 6.42 Å². The minimum atomic E-state index is -0.274. The zero-order chi connectivity index (χ0) is 17.4. The molecule has 0 radical (unpaired) electrons. The molecule has 2 aromatic rings. The Morgan fingerprint density at radius 1 is 1.17 bits per heavy atom. The van der Waals surface area contributed by atoms with E-state index in [1.54, 1.807) is 31.3 Å². The number of pyridine rings is 1. The Bertz CT molecular complexity index is 677. The molecule has 0 atom stereocenters. The topological polar surface area (TPSA) is 86.3 Å². The van der Waals surface area contributed by atoms with Gasteiger partial charge in [-0.25, -0.2) is 9.37 Å². The third-order valence-corrected chi connectivity index (χ3v) is 3.37. The number of benzene rings is 1. The first-order valence-corrected chi connectivity index (χ1v) is 7.69. The van der Waals surface area contributed by atoms with Crippen LogP contribution in [-0.2, 0) is 6.42 Å². The van der Waals surface area contributed by atoms with Gasteiger partial charge in [-0.2, -0.15) is 0 Å². The number of rotatable bonds is 8. The number of carbonyl (C=O) groups is 1. The summed E-state index contributed by atoms with van der Waals surface area (Å²) in [5.74, 6) is 0.604. The largest absolute Gasteiger partial charge is 0.395 e. The lowest BCUT2D eigenvalue weighted by atomic mass is 10.1. The second-order valence-corrected chi connectivity index (χ2v) is 5.16. The standard InChI is InChI=1S/C17H21FN4O2/c1-19-15-10-13(17(24)21-8-9-23)11-16(22-15)20-7-6-12-2-4-14(18)5-3-12/h2-5,10-11,23H,6-9H2,1H3,(H,21,24)(H2,19,20,22). The van der Waals surface area contributed by atoms with Gasteiger partial charge >= 0.3 is 0 Å². The van der Waals surface area contributed by atoms with Gasteiger partial charge in [0.2, 0.25) is 0 Å². The first kappa shape index (κ1) is 17.7. The minimum absolute atomic E-state index is 0.113. The highest BCUT2D eigenvalue weighted by molar-refractivity contribution is 5.95. The zero-order valence-corrected chi connectivity index (χ0v) is 13.5. The summed E-state index contributed by atoms with van der Waals surface area (Å²) in [4.78, 5) is 16.4. The minimum Gasteiger partial charge on any atom is -0.395 e. The summed E-state index contributed by atoms with van der Waals surface area (Å²) >= 11 is 0. The molecule has 0 saturated heterocycles. The van der Waals surface area contributed by atoms with Crippen molar-refractivity contribution >= 4 is 17.5 Å². The van der Waals surface area contributed by atoms with Crippen LogP contribution in [0.25, 0.3) is 0 Å². The van der Waals surface area contributed by atoms with E-state index in [-0.39, 0.29) is 24.9 Å². The van der Waals surface area contributed by atoms with E-state index in [9.17, 15) is 9.18 Å². The van der Waals surface area contributed by atoms with Gasteiger partial charge in [0.25, 0.3) is 5.91 Å². The number of carbonyl (C=O) groups excluding carboxylic acids is 1. The van der Waals surface area contributed by atoms with Gasteiger partial charge in [0.05, 0.1) is 6.61 Å². The van der Waals surface area contributed by atoms with Crippen molar-refractivity contribution in [3.05, 3.63) is 53.3 Å². The zero-order valence-electron chi connectivity index (χ0n) is 13.5. The normalized spacial score (nSPS) is 10.3. The van der Waals surface area contributed by atoms with Crippen molar-refractivity contribution in [1.82, 2.24) is 10.3 Å². The van der Waals surface area contributed by atoms with Gasteiger partial charge in [0.15, 0.2) is 0 Å². The summed E-state index contributed by atoms with van der Waals surface area (Å²) < 4.78 is 12.9. The van der Waals surface area contributed by atoms with Gasteiger partial charge in [-0.1, -0.05) is 12.1 Å². The average Bonchev–Trinajstić information content (AvgIpc) is 2.61. The number of amides is 1. The maximum Gasteiger partial charge on any atom is 0.251 e. The van der Waals surface area contributed by atoms with Crippen LogP contribution >= 0.6 is 0 Å². The van der Waals surface area contributed by atoms with Crippen molar-refractivity contribution in [1.29, 1.82) is 0 Å². The van der Waals surface area contributed by atoms with Gasteiger partial charge < -0.3 is 21.1 Å². The molecule has 0 aliphatic carbocycles. The number of anilines is 2. The Labute approximate surface area is 140 Å². The quantitative estimate of drug-likeness (QED) is 0.590. The Morgan fingerprint density at radius 2 is 1.88 bits per heavy atom. The molecule has 6 nitrogen and oxygen atoms in total. The van der Waals surface area contributed by atoms with Gasteiger partial charge in [0, 0.05) is 25.7 Å². The molecule has 2 rings (SSSR count). The van der Waals surface area contributed by atoms with Crippen LogP contribution in [0.3, 0.4) is 0 Å². The number of hydrogen-bond acceptors (Lipinski definition) is 5. The predicted molar refractivity (Wildman–Crippen MR) is 91.8 cm³/mol. The lowest BCUT2D eigenvalue weighted by Gasteiger charge is -2.11. The predicted octanol–water partition coefficient (Wildman–Crippen LogP) is 1.64. The van der Waals surface area contributed by atoms with Crippen molar-refractivity contribution < 1.29 is 14.3 Å². The van der Waals surface area contributed by atoms with Crippen LogP contribution in [0.4, 0.5) is 16.0 Å². The van der Waals surface area contributed by atoms with Crippen molar-refractivity contribution in [3.8, 4) is 0 Å². The molecular formula is C17H21FN4O2. The monoisotopic (exact) mass is 332 g/mol. The summed E-state index contributed by atoms with van der Waals surface area (Å²) in [6, 6.07) is 9.62. The van der Waals surface area contributed by atoms with E-state index in [1.165, 1.54) is 12.1 Å². The number of aromatic nitrogens is 1. The van der Waals surface area contributed by atoms with E-state index in [2.05, 4.69) is 20.9 Å². The number of halogens is 1. The van der Waals surface area contributed by atoms with E-state index < -0.39 is 0 Å². The molecular weight excluding hydrogens is 311 g/mol. The third-order valence-electron chi connectivity index (χ3n) is 3.37. The van der Waals surface area contributed by atoms with E-state index >= 15 is 0 Å². The molecule has 0 aliphatic heterocycles. The molecule has 0 bridgehead atoms. The van der Waals surface area contributed by atoms with Gasteiger partial charge in [-0.05, 0) is 36.2 Å². The van der Waals surface area contributed by atoms with E-state index in [4.69, 9.17) is 5.11 Å². The number of nitrogens with zero attached hydrogens (tertiary/aromatic N) is 1. The molecule has 1 aromatic heterocycles. The Kier molecular flexibility index (Phi) is 6.51. The number of nitrogens with one attached hydrogen (secondary N) is 3. The molecule has 1 heterocycles. The number of aliphatic hydroxyl groups is 1. The molecule has 1 amide bonds. The highest BCUT2D eigenvalue weighted by Gasteiger charge is 2.09. The third kappa shape index (κ3) is 5.20. The van der Waals surface area contributed by atoms with Crippen LogP contribution in [0.5, 0.6) is 0 Å². The summed E-state index contributed by atoms with van der Waals surface area (Å²) in [6.07, 6.45) is 0.706. The average molecular weight is 332 g/mol. The molecule has 0 unspecified atom stereocenters. The SMILES string of the molecule is CNc1cc(C(=O)NCCO)cc(NCCc2ccc(F)cc2)n1. The fraction of sp³-hybridized carbons (Fsp3) is 0.294. The highest BCUT2D eigenvalue weighted by atomic mass is 19.1. The molecule has 0 spiro atoms. The molecule has 4 N–H and O–H groups in total. The highest BCUT2D eigenvalue weighted by Crippen LogP contribution is 2.14. The maximum atomic E-state index is 12.9. The second kappa shape index (κ2) is 8.83. The summed E-state index contributed by atoms with van der Waals surface area (Å²) in [5.41, 5.74) is 1.46. The van der Waals surface area contributed by atoms with E-state index in [0.29, 0.717) is 30.2 Å². The fourth-order valence-corrected chi connectivity index (χ4v) is 2.14. The van der Waals surface area contributed by atoms with Gasteiger partial charge in [-0.3, -0.25) is 4.79 Å². The summed E-state index contributed by atoms with van der Waals surface area (Å²) in [7, 11) is 1.72. The molecule has 0 aliphatic rings. The molecule has 1 aromatic carbocycles. The van der Waals surface area contributed by atoms with Crippen LogP contribution < -0.4 is 16.0 Å². The number of hydrogen-bond donors (Lipinski definition) is 4. The van der Waals surface area contributed by atoms with Crippen LogP contribution in [-0.4, -0.2) is 42.7 Å². The Morgan fingerprint density at radius 3 is 2.54 bits per heavy atom. The first-order valence-electron chi connectivity index (χ1n) is 7.69. The Balaban J connectivity index is 2.00. The summed E-state index contributed by atoms with van der Waals surface area (Å²) in [5, 5.41) is 17.5. The lowest BCUT2D eigenvalue weighted by molar-refractivity contribution is 0.0944. The lowest BCUT2D eigenvalue weighted by Crippen LogP contribution is -2.26. The van der Waals surface area contributed by atoms with Crippen LogP contribution in [0.1, 0.15) is 15.9 Å². The molecule has 128 valence electrons. The first-order chi connectivity index (χ1) is 11.6. The van der Waals surface area contributed by atoms with Crippen LogP contribution in [0, 0.1) is 5.82 Å². The van der Waals surface area contributed by atoms with E-state index in [1.807, 2.05) is 0 Å². The van der Waals surface area contributed by atoms with Crippen molar-refractivity contribution in [2.24, 2.45) is 0 Å². The van der Waals surface area contributed by atoms with Crippen molar-refractivity contribution in [3.63, 3.8) is 0 Å². The van der Waals surface area contributed by atoms with Crippen molar-refractivity contribution in [2.75, 3.05) is 37.4 Å². The van der Waals surface area contributed by atoms with Gasteiger partial charge in [-0.15, -0.1) is 0 Å². The molecule has 7 heteroatoms. The smallest absolute Gasteiger partial charge is 0.251 e. The van der Waals surface area contributed by atoms with Crippen LogP contribution in [0.15, 0.2) is 36.4 Å². The Hall–Kier alpha value is -2.67. The van der Waals surface area contributed by atoms with Crippen LogP contribution in [0.2, 0.25) is 0 Å². The molecule has 0 fully saturated rings. The fourth-order valence-electron chi connectivity index (χ4n) is 2.14. The van der Waals surface area contributed by atoms with E-state index in [0.717, 1.165) is 5.56 Å². The second-order valence-electron chi connectivity index (χ2n) is 5.16. The van der Waals surface area contributed by atoms with Gasteiger partial charge in [0.1, 0.15) is 17.5 Å². The molecule has 0 saturated carbocycles. The molecule has 24 heavy (non-hydrogen) atoms. The maximum absolute atomic E-state index is 12.9.